The summed E-state index contributed by atoms with van der Waals surface area (Å²) >= 11 is 3.55. The standard InChI is InChI=1S/C16H24BrN3O/c17-15-10-13(12-20-6-8-21-9-7-20)11-16(19-15)18-14-4-2-1-3-5-14/h10-11,14H,1-9,12H2,(H,18,19). The molecule has 1 aromatic heterocycles. The van der Waals surface area contributed by atoms with E-state index >= 15 is 0 Å². The van der Waals surface area contributed by atoms with Crippen molar-refractivity contribution < 1.29 is 4.74 Å². The first kappa shape index (κ1) is 15.3. The molecule has 1 saturated carbocycles. The summed E-state index contributed by atoms with van der Waals surface area (Å²) < 4.78 is 6.33. The first-order chi connectivity index (χ1) is 10.3. The molecule has 0 unspecified atom stereocenters. The second kappa shape index (κ2) is 7.56. The molecule has 0 aromatic carbocycles. The number of nitrogens with zero attached hydrogens (tertiary/aromatic N) is 2. The third kappa shape index (κ3) is 4.66. The van der Waals surface area contributed by atoms with E-state index in [9.17, 15) is 0 Å². The lowest BCUT2D eigenvalue weighted by molar-refractivity contribution is 0.0342. The van der Waals surface area contributed by atoms with E-state index in [4.69, 9.17) is 4.74 Å². The third-order valence-electron chi connectivity index (χ3n) is 4.32. The van der Waals surface area contributed by atoms with Crippen LogP contribution < -0.4 is 5.32 Å². The number of ether oxygens (including phenoxy) is 1. The van der Waals surface area contributed by atoms with Crippen molar-refractivity contribution in [3.63, 3.8) is 0 Å². The molecule has 0 atom stereocenters. The fourth-order valence-corrected chi connectivity index (χ4v) is 3.67. The van der Waals surface area contributed by atoms with Gasteiger partial charge in [-0.1, -0.05) is 19.3 Å². The van der Waals surface area contributed by atoms with E-state index in [1.54, 1.807) is 0 Å². The van der Waals surface area contributed by atoms with Crippen molar-refractivity contribution in [1.29, 1.82) is 0 Å². The molecule has 5 heteroatoms. The number of anilines is 1. The molecule has 2 heterocycles. The molecule has 116 valence electrons. The Morgan fingerprint density at radius 2 is 1.95 bits per heavy atom. The van der Waals surface area contributed by atoms with E-state index in [-0.39, 0.29) is 0 Å². The maximum absolute atomic E-state index is 5.41. The predicted octanol–water partition coefficient (Wildman–Crippen LogP) is 3.42. The highest BCUT2D eigenvalue weighted by atomic mass is 79.9. The van der Waals surface area contributed by atoms with Gasteiger partial charge in [-0.3, -0.25) is 4.90 Å². The molecule has 1 aliphatic heterocycles. The maximum Gasteiger partial charge on any atom is 0.127 e. The molecule has 2 fully saturated rings. The first-order valence-corrected chi connectivity index (χ1v) is 8.82. The maximum atomic E-state index is 5.41. The van der Waals surface area contributed by atoms with Crippen LogP contribution >= 0.6 is 15.9 Å². The average molecular weight is 354 g/mol. The van der Waals surface area contributed by atoms with Crippen molar-refractivity contribution in [2.45, 2.75) is 44.7 Å². The summed E-state index contributed by atoms with van der Waals surface area (Å²) in [5.41, 5.74) is 1.32. The van der Waals surface area contributed by atoms with E-state index in [1.807, 2.05) is 0 Å². The fraction of sp³-hybridized carbons (Fsp3) is 0.688. The summed E-state index contributed by atoms with van der Waals surface area (Å²) in [4.78, 5) is 7.02. The number of aromatic nitrogens is 1. The van der Waals surface area contributed by atoms with Gasteiger partial charge in [0.25, 0.3) is 0 Å². The lowest BCUT2D eigenvalue weighted by atomic mass is 9.95. The van der Waals surface area contributed by atoms with Crippen LogP contribution in [0.3, 0.4) is 0 Å². The number of morpholine rings is 1. The average Bonchev–Trinajstić information content (AvgIpc) is 2.48. The second-order valence-corrected chi connectivity index (χ2v) is 6.86. The van der Waals surface area contributed by atoms with Gasteiger partial charge in [-0.25, -0.2) is 4.98 Å². The minimum atomic E-state index is 0.594. The molecule has 0 bridgehead atoms. The highest BCUT2D eigenvalue weighted by molar-refractivity contribution is 9.10. The minimum absolute atomic E-state index is 0.594. The Morgan fingerprint density at radius 3 is 2.71 bits per heavy atom. The van der Waals surface area contributed by atoms with Crippen LogP contribution in [-0.2, 0) is 11.3 Å². The van der Waals surface area contributed by atoms with Gasteiger partial charge in [0.2, 0.25) is 0 Å². The smallest absolute Gasteiger partial charge is 0.127 e. The Bertz CT molecular complexity index is 419. The molecular weight excluding hydrogens is 330 g/mol. The fourth-order valence-electron chi connectivity index (χ4n) is 3.19. The molecule has 0 radical (unpaired) electrons. The van der Waals surface area contributed by atoms with Gasteiger partial charge in [0.1, 0.15) is 10.4 Å². The van der Waals surface area contributed by atoms with Gasteiger partial charge in [0, 0.05) is 25.7 Å². The topological polar surface area (TPSA) is 37.4 Å². The highest BCUT2D eigenvalue weighted by Gasteiger charge is 2.15. The molecule has 0 spiro atoms. The van der Waals surface area contributed by atoms with Crippen molar-refractivity contribution >= 4 is 21.7 Å². The zero-order chi connectivity index (χ0) is 14.5. The lowest BCUT2D eigenvalue weighted by Gasteiger charge is -2.27. The SMILES string of the molecule is Brc1cc(CN2CCOCC2)cc(NC2CCCCC2)n1. The van der Waals surface area contributed by atoms with Gasteiger partial charge in [-0.05, 0) is 46.5 Å². The highest BCUT2D eigenvalue weighted by Crippen LogP contribution is 2.23. The molecular formula is C16H24BrN3O. The Morgan fingerprint density at radius 1 is 1.19 bits per heavy atom. The molecule has 1 aliphatic carbocycles. The van der Waals surface area contributed by atoms with Crippen LogP contribution in [-0.4, -0.2) is 42.2 Å². The van der Waals surface area contributed by atoms with Crippen LogP contribution in [0.2, 0.25) is 0 Å². The predicted molar refractivity (Wildman–Crippen MR) is 88.5 cm³/mol. The minimum Gasteiger partial charge on any atom is -0.379 e. The lowest BCUT2D eigenvalue weighted by Crippen LogP contribution is -2.35. The summed E-state index contributed by atoms with van der Waals surface area (Å²) in [5, 5.41) is 3.61. The summed E-state index contributed by atoms with van der Waals surface area (Å²) in [6.07, 6.45) is 6.60. The summed E-state index contributed by atoms with van der Waals surface area (Å²) in [6, 6.07) is 4.92. The van der Waals surface area contributed by atoms with Crippen LogP contribution in [0.25, 0.3) is 0 Å². The monoisotopic (exact) mass is 353 g/mol. The van der Waals surface area contributed by atoms with Crippen molar-refractivity contribution in [3.8, 4) is 0 Å². The van der Waals surface area contributed by atoms with Crippen LogP contribution in [0.1, 0.15) is 37.7 Å². The van der Waals surface area contributed by atoms with Crippen LogP contribution in [0, 0.1) is 0 Å². The van der Waals surface area contributed by atoms with E-state index in [2.05, 4.69) is 43.3 Å². The molecule has 0 amide bonds. The normalized spacial score (nSPS) is 21.4. The van der Waals surface area contributed by atoms with Crippen LogP contribution in [0.15, 0.2) is 16.7 Å². The van der Waals surface area contributed by atoms with Crippen molar-refractivity contribution in [2.75, 3.05) is 31.6 Å². The Balaban J connectivity index is 1.63. The zero-order valence-electron chi connectivity index (χ0n) is 12.5. The molecule has 2 aliphatic rings. The summed E-state index contributed by atoms with van der Waals surface area (Å²) in [5.74, 6) is 1.01. The van der Waals surface area contributed by atoms with Crippen molar-refractivity contribution in [1.82, 2.24) is 9.88 Å². The largest absolute Gasteiger partial charge is 0.379 e. The van der Waals surface area contributed by atoms with Gasteiger partial charge in [-0.2, -0.15) is 0 Å². The number of hydrogen-bond donors (Lipinski definition) is 1. The van der Waals surface area contributed by atoms with E-state index in [1.165, 1.54) is 37.7 Å². The first-order valence-electron chi connectivity index (χ1n) is 8.03. The Kier molecular flexibility index (Phi) is 5.49. The molecule has 3 rings (SSSR count). The zero-order valence-corrected chi connectivity index (χ0v) is 14.1. The van der Waals surface area contributed by atoms with Gasteiger partial charge in [0.15, 0.2) is 0 Å². The quantitative estimate of drug-likeness (QED) is 0.841. The number of halogens is 1. The Labute approximate surface area is 135 Å². The van der Waals surface area contributed by atoms with E-state index in [0.29, 0.717) is 6.04 Å². The van der Waals surface area contributed by atoms with Gasteiger partial charge in [0.05, 0.1) is 13.2 Å². The van der Waals surface area contributed by atoms with Crippen LogP contribution in [0.4, 0.5) is 5.82 Å². The van der Waals surface area contributed by atoms with Gasteiger partial charge >= 0.3 is 0 Å². The van der Waals surface area contributed by atoms with Crippen molar-refractivity contribution in [2.24, 2.45) is 0 Å². The molecule has 1 saturated heterocycles. The number of nitrogens with one attached hydrogen (secondary N) is 1. The van der Waals surface area contributed by atoms with Gasteiger partial charge in [-0.15, -0.1) is 0 Å². The van der Waals surface area contributed by atoms with E-state index < -0.39 is 0 Å². The van der Waals surface area contributed by atoms with Crippen LogP contribution in [0.5, 0.6) is 0 Å². The second-order valence-electron chi connectivity index (χ2n) is 6.05. The third-order valence-corrected chi connectivity index (χ3v) is 4.73. The molecule has 21 heavy (non-hydrogen) atoms. The van der Waals surface area contributed by atoms with Crippen molar-refractivity contribution in [3.05, 3.63) is 22.3 Å². The van der Waals surface area contributed by atoms with E-state index in [0.717, 1.165) is 43.3 Å². The molecule has 1 N–H and O–H groups in total. The molecule has 1 aromatic rings. The molecule has 4 nitrogen and oxygen atoms in total. The summed E-state index contributed by atoms with van der Waals surface area (Å²) in [6.45, 7) is 4.71. The number of hydrogen-bond acceptors (Lipinski definition) is 4. The number of pyridine rings is 1. The summed E-state index contributed by atoms with van der Waals surface area (Å²) in [7, 11) is 0. The number of rotatable bonds is 4. The van der Waals surface area contributed by atoms with Gasteiger partial charge < -0.3 is 10.1 Å². The Hall–Kier alpha value is -0.650.